The Bertz CT molecular complexity index is 255. The fourth-order valence-corrected chi connectivity index (χ4v) is 0.956. The lowest BCUT2D eigenvalue weighted by molar-refractivity contribution is 1.04. The van der Waals surface area contributed by atoms with Crippen molar-refractivity contribution >= 4 is 11.3 Å². The smallest absolute Gasteiger partial charge is 0.137 e. The van der Waals surface area contributed by atoms with Crippen LogP contribution in [0.25, 0.3) is 0 Å². The van der Waals surface area contributed by atoms with Crippen molar-refractivity contribution in [3.8, 4) is 0 Å². The Kier molecular flexibility index (Phi) is 3.40. The number of aromatic amines is 1. The van der Waals surface area contributed by atoms with E-state index in [4.69, 9.17) is 0 Å². The van der Waals surface area contributed by atoms with E-state index < -0.39 is 0 Å². The van der Waals surface area contributed by atoms with Crippen molar-refractivity contribution in [1.82, 2.24) is 20.2 Å². The van der Waals surface area contributed by atoms with Crippen LogP contribution in [-0.2, 0) is 0 Å². The predicted molar refractivity (Wildman–Crippen MR) is 48.0 cm³/mol. The van der Waals surface area contributed by atoms with Crippen LogP contribution in [-0.4, -0.2) is 20.2 Å². The van der Waals surface area contributed by atoms with Crippen LogP contribution in [0.1, 0.15) is 10.7 Å². The molecule has 0 atom stereocenters. The highest BCUT2D eigenvalue weighted by Crippen LogP contribution is 1.99. The number of H-pyrrole nitrogens is 1. The number of nitrogens with zero attached hydrogens (tertiary/aromatic N) is 3. The molecule has 0 amide bonds. The second-order valence-electron chi connectivity index (χ2n) is 2.18. The highest BCUT2D eigenvalue weighted by Gasteiger charge is 1.76. The molecule has 12 heavy (non-hydrogen) atoms. The van der Waals surface area contributed by atoms with Gasteiger partial charge in [0.05, 0.1) is 5.51 Å². The average Bonchev–Trinajstić information content (AvgIpc) is 2.63. The third-order valence-electron chi connectivity index (χ3n) is 1.09. The molecule has 0 fully saturated rings. The topological polar surface area (TPSA) is 54.5 Å². The summed E-state index contributed by atoms with van der Waals surface area (Å²) in [6.07, 6.45) is 3.33. The number of rotatable bonds is 0. The Hall–Kier alpha value is -1.23. The molecule has 0 radical (unpaired) electrons. The summed E-state index contributed by atoms with van der Waals surface area (Å²) >= 11 is 1.67. The molecule has 2 rings (SSSR count). The molecule has 2 heterocycles. The lowest BCUT2D eigenvalue weighted by atomic mass is 10.7. The first-order valence-electron chi connectivity index (χ1n) is 3.46. The molecule has 64 valence electrons. The molecule has 5 heteroatoms. The molecule has 1 N–H and O–H groups in total. The van der Waals surface area contributed by atoms with E-state index in [0.717, 1.165) is 5.82 Å². The van der Waals surface area contributed by atoms with E-state index in [1.54, 1.807) is 11.3 Å². The zero-order chi connectivity index (χ0) is 8.81. The Morgan fingerprint density at radius 2 is 2.25 bits per heavy atom. The second kappa shape index (κ2) is 4.61. The van der Waals surface area contributed by atoms with Gasteiger partial charge in [-0.15, -0.1) is 11.3 Å². The van der Waals surface area contributed by atoms with Crippen LogP contribution in [0.5, 0.6) is 0 Å². The van der Waals surface area contributed by atoms with Gasteiger partial charge in [0, 0.05) is 11.1 Å². The molecular formula is C7H10N4S. The van der Waals surface area contributed by atoms with Gasteiger partial charge in [-0.2, -0.15) is 5.10 Å². The van der Waals surface area contributed by atoms with E-state index in [9.17, 15) is 0 Å². The van der Waals surface area contributed by atoms with Gasteiger partial charge in [0.1, 0.15) is 12.2 Å². The lowest BCUT2D eigenvalue weighted by Gasteiger charge is -1.66. The zero-order valence-corrected chi connectivity index (χ0v) is 7.80. The summed E-state index contributed by atoms with van der Waals surface area (Å²) in [4.78, 5) is 8.86. The van der Waals surface area contributed by atoms with E-state index >= 15 is 0 Å². The fraction of sp³-hybridized carbons (Fsp3) is 0.286. The minimum absolute atomic E-state index is 0.856. The minimum atomic E-state index is 0.856. The molecule has 2 aromatic rings. The summed E-state index contributed by atoms with van der Waals surface area (Å²) < 4.78 is 0. The first kappa shape index (κ1) is 8.86. The van der Waals surface area contributed by atoms with E-state index in [2.05, 4.69) is 20.2 Å². The SMILES string of the molecule is Cc1cncs1.Cc1ncn[nH]1. The minimum Gasteiger partial charge on any atom is -0.264 e. The molecule has 0 unspecified atom stereocenters. The van der Waals surface area contributed by atoms with E-state index in [1.165, 1.54) is 11.2 Å². The molecule has 0 aliphatic carbocycles. The van der Waals surface area contributed by atoms with Gasteiger partial charge in [-0.25, -0.2) is 4.98 Å². The third kappa shape index (κ3) is 3.25. The van der Waals surface area contributed by atoms with Crippen molar-refractivity contribution in [1.29, 1.82) is 0 Å². The van der Waals surface area contributed by atoms with Crippen LogP contribution < -0.4 is 0 Å². The van der Waals surface area contributed by atoms with Crippen molar-refractivity contribution in [2.24, 2.45) is 0 Å². The molecule has 0 saturated carbocycles. The quantitative estimate of drug-likeness (QED) is 0.672. The molecule has 0 saturated heterocycles. The van der Waals surface area contributed by atoms with Crippen molar-refractivity contribution in [3.05, 3.63) is 28.7 Å². The number of aromatic nitrogens is 4. The maximum atomic E-state index is 3.84. The monoisotopic (exact) mass is 182 g/mol. The van der Waals surface area contributed by atoms with Gasteiger partial charge in [-0.3, -0.25) is 10.1 Å². The van der Waals surface area contributed by atoms with Crippen LogP contribution in [0.15, 0.2) is 18.0 Å². The molecule has 0 spiro atoms. The van der Waals surface area contributed by atoms with Gasteiger partial charge < -0.3 is 0 Å². The Morgan fingerprint density at radius 1 is 1.42 bits per heavy atom. The Labute approximate surface area is 74.7 Å². The molecular weight excluding hydrogens is 172 g/mol. The summed E-state index contributed by atoms with van der Waals surface area (Å²) in [5.41, 5.74) is 1.83. The van der Waals surface area contributed by atoms with Gasteiger partial charge in [0.15, 0.2) is 0 Å². The van der Waals surface area contributed by atoms with Gasteiger partial charge in [-0.05, 0) is 13.8 Å². The maximum absolute atomic E-state index is 3.84. The van der Waals surface area contributed by atoms with E-state index in [-0.39, 0.29) is 0 Å². The number of hydrogen-bond donors (Lipinski definition) is 1. The fourth-order valence-electron chi connectivity index (χ4n) is 0.546. The van der Waals surface area contributed by atoms with E-state index in [0.29, 0.717) is 0 Å². The largest absolute Gasteiger partial charge is 0.264 e. The van der Waals surface area contributed by atoms with Crippen LogP contribution >= 0.6 is 11.3 Å². The van der Waals surface area contributed by atoms with Crippen molar-refractivity contribution in [2.75, 3.05) is 0 Å². The Morgan fingerprint density at radius 3 is 2.42 bits per heavy atom. The number of hydrogen-bond acceptors (Lipinski definition) is 4. The number of nitrogens with one attached hydrogen (secondary N) is 1. The van der Waals surface area contributed by atoms with Gasteiger partial charge >= 0.3 is 0 Å². The van der Waals surface area contributed by atoms with Crippen LogP contribution in [0.2, 0.25) is 0 Å². The summed E-state index contributed by atoms with van der Waals surface area (Å²) in [5.74, 6) is 0.856. The summed E-state index contributed by atoms with van der Waals surface area (Å²) in [5, 5.41) is 6.22. The van der Waals surface area contributed by atoms with Crippen molar-refractivity contribution in [2.45, 2.75) is 13.8 Å². The molecule has 0 aromatic carbocycles. The number of thiazole rings is 1. The molecule has 0 aliphatic rings. The van der Waals surface area contributed by atoms with Gasteiger partial charge in [0.25, 0.3) is 0 Å². The van der Waals surface area contributed by atoms with Crippen LogP contribution in [0.3, 0.4) is 0 Å². The molecule has 2 aromatic heterocycles. The average molecular weight is 182 g/mol. The first-order chi connectivity index (χ1) is 5.79. The standard InChI is InChI=1S/C4H5NS.C3H5N3/c1-4-2-5-3-6-4;1-3-4-2-5-6-3/h2-3H,1H3;2H,1H3,(H,4,5,6). The second-order valence-corrected chi connectivity index (χ2v) is 3.27. The molecule has 4 nitrogen and oxygen atoms in total. The highest BCUT2D eigenvalue weighted by atomic mass is 32.1. The van der Waals surface area contributed by atoms with Crippen molar-refractivity contribution < 1.29 is 0 Å². The first-order valence-corrected chi connectivity index (χ1v) is 4.34. The lowest BCUT2D eigenvalue weighted by Crippen LogP contribution is -1.68. The number of aryl methyl sites for hydroxylation is 2. The highest BCUT2D eigenvalue weighted by molar-refractivity contribution is 7.09. The van der Waals surface area contributed by atoms with Gasteiger partial charge in [0.2, 0.25) is 0 Å². The zero-order valence-electron chi connectivity index (χ0n) is 6.98. The van der Waals surface area contributed by atoms with Crippen LogP contribution in [0, 0.1) is 13.8 Å². The third-order valence-corrected chi connectivity index (χ3v) is 1.80. The normalized spacial score (nSPS) is 8.83. The maximum Gasteiger partial charge on any atom is 0.137 e. The Balaban J connectivity index is 0.000000120. The van der Waals surface area contributed by atoms with E-state index in [1.807, 2.05) is 25.6 Å². The molecule has 0 bridgehead atoms. The van der Waals surface area contributed by atoms with Crippen LogP contribution in [0.4, 0.5) is 0 Å². The molecule has 0 aliphatic heterocycles. The van der Waals surface area contributed by atoms with Gasteiger partial charge in [-0.1, -0.05) is 0 Å². The predicted octanol–water partition coefficient (Wildman–Crippen LogP) is 1.56. The summed E-state index contributed by atoms with van der Waals surface area (Å²) in [6.45, 7) is 3.89. The van der Waals surface area contributed by atoms with Crippen molar-refractivity contribution in [3.63, 3.8) is 0 Å². The summed E-state index contributed by atoms with van der Waals surface area (Å²) in [7, 11) is 0. The summed E-state index contributed by atoms with van der Waals surface area (Å²) in [6, 6.07) is 0.